The van der Waals surface area contributed by atoms with Crippen molar-refractivity contribution in [3.63, 3.8) is 0 Å². The van der Waals surface area contributed by atoms with Gasteiger partial charge in [-0.25, -0.2) is 0 Å². The predicted octanol–water partition coefficient (Wildman–Crippen LogP) is 6.52. The van der Waals surface area contributed by atoms with Gasteiger partial charge >= 0.3 is 6.18 Å². The number of aliphatic hydroxyl groups is 1. The van der Waals surface area contributed by atoms with Crippen LogP contribution in [0.1, 0.15) is 46.1 Å². The fraction of sp³-hybridized carbons (Fsp3) is 0.550. The van der Waals surface area contributed by atoms with Crippen LogP contribution < -0.4 is 0 Å². The van der Waals surface area contributed by atoms with Crippen molar-refractivity contribution in [2.75, 3.05) is 5.75 Å². The summed E-state index contributed by atoms with van der Waals surface area (Å²) in [5.74, 6) is 1.84. The zero-order valence-electron chi connectivity index (χ0n) is 15.6. The fourth-order valence-electron chi connectivity index (χ4n) is 2.41. The summed E-state index contributed by atoms with van der Waals surface area (Å²) in [5, 5.41) is 9.52. The average molecular weight is 388 g/mol. The molecule has 0 aromatic heterocycles. The van der Waals surface area contributed by atoms with Crippen molar-refractivity contribution in [2.45, 2.75) is 51.6 Å². The summed E-state index contributed by atoms with van der Waals surface area (Å²) in [6.45, 7) is 8.49. The van der Waals surface area contributed by atoms with E-state index in [1.807, 2.05) is 6.92 Å². The molecular formula is C20H27F3O2S. The van der Waals surface area contributed by atoms with E-state index in [9.17, 15) is 23.1 Å². The van der Waals surface area contributed by atoms with Gasteiger partial charge in [0, 0.05) is 29.6 Å². The molecule has 0 radical (unpaired) electrons. The highest BCUT2D eigenvalue weighted by Crippen LogP contribution is 2.33. The lowest BCUT2D eigenvalue weighted by atomic mass is 9.84. The maximum absolute atomic E-state index is 12.5. The highest BCUT2D eigenvalue weighted by molar-refractivity contribution is 7.99. The zero-order chi connectivity index (χ0) is 19.9. The second kappa shape index (κ2) is 10.0. The van der Waals surface area contributed by atoms with E-state index in [4.69, 9.17) is 0 Å². The van der Waals surface area contributed by atoms with Crippen LogP contribution in [0.15, 0.2) is 41.0 Å². The number of allylic oxidation sites excluding steroid dienone is 2. The molecule has 2 nitrogen and oxygen atoms in total. The summed E-state index contributed by atoms with van der Waals surface area (Å²) in [6, 6.07) is 5.07. The van der Waals surface area contributed by atoms with Gasteiger partial charge in [-0.2, -0.15) is 13.2 Å². The third-order valence-electron chi connectivity index (χ3n) is 3.76. The van der Waals surface area contributed by atoms with Crippen molar-refractivity contribution in [1.82, 2.24) is 0 Å². The molecule has 0 spiro atoms. The molecule has 0 amide bonds. The molecule has 6 heteroatoms. The van der Waals surface area contributed by atoms with Crippen molar-refractivity contribution in [1.29, 1.82) is 0 Å². The Morgan fingerprint density at radius 3 is 2.12 bits per heavy atom. The van der Waals surface area contributed by atoms with Crippen molar-refractivity contribution < 1.29 is 23.1 Å². The number of halogens is 3. The number of carbonyl (C=O) groups excluding carboxylic acids is 1. The van der Waals surface area contributed by atoms with Gasteiger partial charge in [0.1, 0.15) is 0 Å². The Morgan fingerprint density at radius 1 is 1.12 bits per heavy atom. The third kappa shape index (κ3) is 8.30. The van der Waals surface area contributed by atoms with E-state index in [2.05, 4.69) is 20.8 Å². The van der Waals surface area contributed by atoms with Crippen LogP contribution in [0, 0.1) is 17.8 Å². The number of thioether (sulfide) groups is 1. The Hall–Kier alpha value is -1.43. The van der Waals surface area contributed by atoms with Gasteiger partial charge in [0.05, 0.1) is 11.3 Å². The lowest BCUT2D eigenvalue weighted by Crippen LogP contribution is -2.22. The smallest absolute Gasteiger partial charge is 0.416 e. The zero-order valence-corrected chi connectivity index (χ0v) is 16.5. The molecule has 0 fully saturated rings. The Balaban J connectivity index is 0.000000765. The van der Waals surface area contributed by atoms with Crippen molar-refractivity contribution in [3.8, 4) is 0 Å². The molecule has 1 aliphatic rings. The summed E-state index contributed by atoms with van der Waals surface area (Å²) < 4.78 is 37.4. The normalized spacial score (nSPS) is 18.8. The molecular weight excluding hydrogens is 361 g/mol. The van der Waals surface area contributed by atoms with Gasteiger partial charge in [-0.3, -0.25) is 4.79 Å². The van der Waals surface area contributed by atoms with E-state index in [0.29, 0.717) is 18.6 Å². The number of rotatable bonds is 4. The summed E-state index contributed by atoms with van der Waals surface area (Å²) in [5.41, 5.74) is -0.655. The Morgan fingerprint density at radius 2 is 1.65 bits per heavy atom. The first-order valence-electron chi connectivity index (χ1n) is 8.71. The average Bonchev–Trinajstić information content (AvgIpc) is 2.50. The largest absolute Gasteiger partial charge is 0.512 e. The topological polar surface area (TPSA) is 37.3 Å². The monoisotopic (exact) mass is 388 g/mol. The Bertz CT molecular complexity index is 604. The van der Waals surface area contributed by atoms with Crippen LogP contribution in [0.25, 0.3) is 0 Å². The van der Waals surface area contributed by atoms with E-state index in [1.165, 1.54) is 30.0 Å². The molecule has 26 heavy (non-hydrogen) atoms. The van der Waals surface area contributed by atoms with Crippen molar-refractivity contribution >= 4 is 17.5 Å². The van der Waals surface area contributed by atoms with E-state index in [0.717, 1.165) is 22.9 Å². The number of hydrogen-bond donors (Lipinski definition) is 1. The minimum atomic E-state index is -4.32. The molecule has 1 aliphatic carbocycles. The molecule has 0 saturated carbocycles. The molecule has 2 rings (SSSR count). The van der Waals surface area contributed by atoms with Crippen LogP contribution in [0.3, 0.4) is 0 Å². The standard InChI is InChI=1S/C16H17F3O2S.C4H10/c1-10(11-6-13(20)8-14(21)7-11)9-22-15-4-2-12(3-5-15)16(17,18)19;1-4(2)3/h2-5,8,10-11,20H,6-7,9H2,1H3;4H,1-3H3. The van der Waals surface area contributed by atoms with Crippen LogP contribution in [-0.4, -0.2) is 16.6 Å². The fourth-order valence-corrected chi connectivity index (χ4v) is 3.47. The number of hydrogen-bond acceptors (Lipinski definition) is 3. The van der Waals surface area contributed by atoms with Crippen LogP contribution in [0.2, 0.25) is 0 Å². The van der Waals surface area contributed by atoms with Gasteiger partial charge in [-0.1, -0.05) is 27.7 Å². The number of benzene rings is 1. The molecule has 0 aliphatic heterocycles. The second-order valence-electron chi connectivity index (χ2n) is 7.31. The summed E-state index contributed by atoms with van der Waals surface area (Å²) >= 11 is 1.46. The van der Waals surface area contributed by atoms with Crippen LogP contribution in [0.4, 0.5) is 13.2 Å². The Labute approximate surface area is 157 Å². The van der Waals surface area contributed by atoms with Gasteiger partial charge in [0.25, 0.3) is 0 Å². The maximum atomic E-state index is 12.5. The lowest BCUT2D eigenvalue weighted by molar-refractivity contribution is -0.137. The first-order valence-corrected chi connectivity index (χ1v) is 9.70. The number of aliphatic hydroxyl groups excluding tert-OH is 1. The van der Waals surface area contributed by atoms with Crippen LogP contribution in [-0.2, 0) is 11.0 Å². The minimum absolute atomic E-state index is 0.0693. The predicted molar refractivity (Wildman–Crippen MR) is 100 cm³/mol. The third-order valence-corrected chi connectivity index (χ3v) is 5.06. The van der Waals surface area contributed by atoms with E-state index in [1.54, 1.807) is 0 Å². The molecule has 0 saturated heterocycles. The van der Waals surface area contributed by atoms with Gasteiger partial charge in [0.2, 0.25) is 0 Å². The molecule has 146 valence electrons. The van der Waals surface area contributed by atoms with Crippen LogP contribution in [0.5, 0.6) is 0 Å². The number of ketones is 1. The maximum Gasteiger partial charge on any atom is 0.416 e. The first-order chi connectivity index (χ1) is 12.0. The van der Waals surface area contributed by atoms with Crippen molar-refractivity contribution in [3.05, 3.63) is 41.7 Å². The molecule has 0 bridgehead atoms. The number of alkyl halides is 3. The molecule has 2 atom stereocenters. The molecule has 1 N–H and O–H groups in total. The van der Waals surface area contributed by atoms with E-state index in [-0.39, 0.29) is 23.4 Å². The molecule has 0 heterocycles. The van der Waals surface area contributed by atoms with Crippen molar-refractivity contribution in [2.24, 2.45) is 17.8 Å². The second-order valence-corrected chi connectivity index (χ2v) is 8.41. The van der Waals surface area contributed by atoms with Gasteiger partial charge in [0.15, 0.2) is 5.78 Å². The van der Waals surface area contributed by atoms with Gasteiger partial charge < -0.3 is 5.11 Å². The van der Waals surface area contributed by atoms with Gasteiger partial charge in [-0.15, -0.1) is 11.8 Å². The minimum Gasteiger partial charge on any atom is -0.512 e. The summed E-state index contributed by atoms with van der Waals surface area (Å²) in [4.78, 5) is 12.2. The quantitative estimate of drug-likeness (QED) is 0.597. The lowest BCUT2D eigenvalue weighted by Gasteiger charge is -2.25. The molecule has 1 aromatic rings. The molecule has 1 aromatic carbocycles. The number of carbonyl (C=O) groups is 1. The first kappa shape index (κ1) is 22.6. The highest BCUT2D eigenvalue weighted by atomic mass is 32.2. The van der Waals surface area contributed by atoms with Crippen LogP contribution >= 0.6 is 11.8 Å². The SMILES string of the molecule is CC(C)C.CC(CSc1ccc(C(F)(F)F)cc1)C1CC(=O)C=C(O)C1. The van der Waals surface area contributed by atoms with E-state index >= 15 is 0 Å². The molecule has 2 unspecified atom stereocenters. The highest BCUT2D eigenvalue weighted by Gasteiger charge is 2.30. The summed E-state index contributed by atoms with van der Waals surface area (Å²) in [6.07, 6.45) is -2.14. The summed E-state index contributed by atoms with van der Waals surface area (Å²) in [7, 11) is 0. The van der Waals surface area contributed by atoms with Gasteiger partial charge in [-0.05, 0) is 42.0 Å². The van der Waals surface area contributed by atoms with E-state index < -0.39 is 11.7 Å². The Kier molecular flexibility index (Phi) is 8.74.